The van der Waals surface area contributed by atoms with Crippen LogP contribution in [0.25, 0.3) is 0 Å². The number of halogens is 3. The molecule has 12 heteroatoms. The van der Waals surface area contributed by atoms with Crippen LogP contribution < -0.4 is 9.46 Å². The average molecular weight is 377 g/mol. The van der Waals surface area contributed by atoms with Crippen molar-refractivity contribution in [2.24, 2.45) is 0 Å². The molecule has 1 N–H and O–H groups in total. The third-order valence-corrected chi connectivity index (χ3v) is 4.30. The molecule has 0 aliphatic carbocycles. The van der Waals surface area contributed by atoms with Gasteiger partial charge in [0.2, 0.25) is 0 Å². The van der Waals surface area contributed by atoms with Crippen LogP contribution in [0.15, 0.2) is 41.3 Å². The van der Waals surface area contributed by atoms with Crippen LogP contribution in [0.3, 0.4) is 0 Å². The van der Waals surface area contributed by atoms with Gasteiger partial charge in [0.1, 0.15) is 22.2 Å². The summed E-state index contributed by atoms with van der Waals surface area (Å²) in [4.78, 5) is 12.6. The molecular weight excluding hydrogens is 367 g/mol. The van der Waals surface area contributed by atoms with Crippen molar-refractivity contribution >= 4 is 21.5 Å². The first-order chi connectivity index (χ1) is 11.5. The van der Waals surface area contributed by atoms with Crippen molar-refractivity contribution in [3.8, 4) is 5.75 Å². The maximum atomic E-state index is 12.6. The van der Waals surface area contributed by atoms with Gasteiger partial charge in [-0.15, -0.1) is 0 Å². The zero-order valence-corrected chi connectivity index (χ0v) is 13.3. The van der Waals surface area contributed by atoms with Gasteiger partial charge in [-0.1, -0.05) is 6.07 Å². The number of hydrogen-bond acceptors (Lipinski definition) is 6. The fourth-order valence-electron chi connectivity index (χ4n) is 1.83. The number of anilines is 1. The van der Waals surface area contributed by atoms with Gasteiger partial charge in [-0.25, -0.2) is 13.4 Å². The van der Waals surface area contributed by atoms with Gasteiger partial charge in [-0.2, -0.15) is 13.2 Å². The Hall–Kier alpha value is -2.89. The molecule has 2 aromatic rings. The Kier molecular flexibility index (Phi) is 4.83. The summed E-state index contributed by atoms with van der Waals surface area (Å²) < 4.78 is 69.4. The second-order valence-electron chi connectivity index (χ2n) is 4.60. The predicted octanol–water partition coefficient (Wildman–Crippen LogP) is 2.82. The summed E-state index contributed by atoms with van der Waals surface area (Å²) in [5.41, 5.74) is -1.82. The van der Waals surface area contributed by atoms with Crippen LogP contribution in [0.1, 0.15) is 5.69 Å². The molecule has 0 unspecified atom stereocenters. The first-order valence-electron chi connectivity index (χ1n) is 6.44. The molecule has 0 fully saturated rings. The molecule has 0 saturated heterocycles. The molecule has 0 aliphatic heterocycles. The molecule has 1 aromatic carbocycles. The molecule has 0 saturated carbocycles. The number of methoxy groups -OCH3 is 1. The van der Waals surface area contributed by atoms with E-state index >= 15 is 0 Å². The van der Waals surface area contributed by atoms with Gasteiger partial charge in [0.25, 0.3) is 15.7 Å². The zero-order chi connectivity index (χ0) is 18.8. The summed E-state index contributed by atoms with van der Waals surface area (Å²) in [6, 6.07) is 5.47. The molecule has 0 radical (unpaired) electrons. The molecule has 1 heterocycles. The lowest BCUT2D eigenvalue weighted by Gasteiger charge is -2.12. The minimum Gasteiger partial charge on any atom is -0.495 e. The number of nitro benzene ring substituents is 1. The number of pyridine rings is 1. The topological polar surface area (TPSA) is 111 Å². The number of alkyl halides is 3. The highest BCUT2D eigenvalue weighted by molar-refractivity contribution is 7.92. The summed E-state index contributed by atoms with van der Waals surface area (Å²) in [5, 5.41) is 10.8. The number of nitrogens with zero attached hydrogens (tertiary/aromatic N) is 2. The Morgan fingerprint density at radius 1 is 1.24 bits per heavy atom. The van der Waals surface area contributed by atoms with Crippen LogP contribution >= 0.6 is 0 Å². The number of nitrogens with one attached hydrogen (secondary N) is 1. The van der Waals surface area contributed by atoms with E-state index in [-0.39, 0.29) is 5.75 Å². The third kappa shape index (κ3) is 4.15. The van der Waals surface area contributed by atoms with Crippen molar-refractivity contribution in [3.63, 3.8) is 0 Å². The van der Waals surface area contributed by atoms with Gasteiger partial charge in [0.05, 0.1) is 12.0 Å². The summed E-state index contributed by atoms with van der Waals surface area (Å²) in [6.45, 7) is 0. The number of non-ortho nitro benzene ring substituents is 1. The molecule has 25 heavy (non-hydrogen) atoms. The summed E-state index contributed by atoms with van der Waals surface area (Å²) in [5.74, 6) is -0.812. The minimum atomic E-state index is -4.76. The fraction of sp³-hybridized carbons (Fsp3) is 0.154. The van der Waals surface area contributed by atoms with Crippen molar-refractivity contribution < 1.29 is 31.2 Å². The highest BCUT2D eigenvalue weighted by Gasteiger charge is 2.33. The Bertz CT molecular complexity index is 915. The van der Waals surface area contributed by atoms with Crippen molar-refractivity contribution in [1.29, 1.82) is 0 Å². The van der Waals surface area contributed by atoms with Crippen LogP contribution in [-0.4, -0.2) is 25.4 Å². The largest absolute Gasteiger partial charge is 0.495 e. The normalized spacial score (nSPS) is 11.8. The highest BCUT2D eigenvalue weighted by atomic mass is 32.2. The van der Waals surface area contributed by atoms with Crippen LogP contribution in [0.2, 0.25) is 0 Å². The van der Waals surface area contributed by atoms with E-state index in [2.05, 4.69) is 4.98 Å². The molecule has 1 aromatic heterocycles. The minimum absolute atomic E-state index is 0.218. The number of benzene rings is 1. The first kappa shape index (κ1) is 18.4. The molecule has 0 aliphatic rings. The van der Waals surface area contributed by atoms with Crippen LogP contribution in [0, 0.1) is 10.1 Å². The zero-order valence-electron chi connectivity index (χ0n) is 12.4. The predicted molar refractivity (Wildman–Crippen MR) is 79.7 cm³/mol. The van der Waals surface area contributed by atoms with E-state index in [1.807, 2.05) is 4.72 Å². The lowest BCUT2D eigenvalue weighted by molar-refractivity contribution is -0.385. The summed E-state index contributed by atoms with van der Waals surface area (Å²) >= 11 is 0. The van der Waals surface area contributed by atoms with E-state index in [1.165, 1.54) is 0 Å². The van der Waals surface area contributed by atoms with E-state index in [1.54, 1.807) is 0 Å². The SMILES string of the molecule is COc1ccc([N+](=O)[O-])cc1S(=O)(=O)Nc1cccc(C(F)(F)F)n1. The van der Waals surface area contributed by atoms with Crippen molar-refractivity contribution in [3.05, 3.63) is 52.2 Å². The second-order valence-corrected chi connectivity index (χ2v) is 6.25. The van der Waals surface area contributed by atoms with Crippen molar-refractivity contribution in [2.45, 2.75) is 11.1 Å². The molecule has 0 amide bonds. The summed E-state index contributed by atoms with van der Waals surface area (Å²) in [7, 11) is -3.34. The number of rotatable bonds is 5. The Morgan fingerprint density at radius 3 is 2.48 bits per heavy atom. The van der Waals surface area contributed by atoms with E-state index in [4.69, 9.17) is 4.74 Å². The van der Waals surface area contributed by atoms with Crippen LogP contribution in [-0.2, 0) is 16.2 Å². The van der Waals surface area contributed by atoms with Crippen LogP contribution in [0.5, 0.6) is 5.75 Å². The maximum Gasteiger partial charge on any atom is 0.433 e. The standard InChI is InChI=1S/C13H10F3N3O5S/c1-24-9-6-5-8(19(20)21)7-10(9)25(22,23)18-12-4-2-3-11(17-12)13(14,15)16/h2-7H,1H3,(H,17,18). The molecule has 2 rings (SSSR count). The smallest absolute Gasteiger partial charge is 0.433 e. The lowest BCUT2D eigenvalue weighted by Crippen LogP contribution is -2.17. The highest BCUT2D eigenvalue weighted by Crippen LogP contribution is 2.31. The first-order valence-corrected chi connectivity index (χ1v) is 7.92. The number of nitro groups is 1. The van der Waals surface area contributed by atoms with Gasteiger partial charge in [0, 0.05) is 12.1 Å². The van der Waals surface area contributed by atoms with E-state index in [0.29, 0.717) is 6.07 Å². The van der Waals surface area contributed by atoms with Gasteiger partial charge in [-0.3, -0.25) is 14.8 Å². The Morgan fingerprint density at radius 2 is 1.92 bits per heavy atom. The Balaban J connectivity index is 2.46. The molecule has 0 bridgehead atoms. The third-order valence-electron chi connectivity index (χ3n) is 2.93. The molecular formula is C13H10F3N3O5S. The monoisotopic (exact) mass is 377 g/mol. The van der Waals surface area contributed by atoms with Gasteiger partial charge in [0.15, 0.2) is 0 Å². The van der Waals surface area contributed by atoms with Crippen molar-refractivity contribution in [1.82, 2.24) is 4.98 Å². The van der Waals surface area contributed by atoms with E-state index in [9.17, 15) is 31.7 Å². The molecule has 134 valence electrons. The summed E-state index contributed by atoms with van der Waals surface area (Å²) in [6.07, 6.45) is -4.76. The average Bonchev–Trinajstić information content (AvgIpc) is 2.53. The van der Waals surface area contributed by atoms with Gasteiger partial charge >= 0.3 is 6.18 Å². The second kappa shape index (κ2) is 6.55. The number of ether oxygens (including phenoxy) is 1. The van der Waals surface area contributed by atoms with Gasteiger partial charge in [-0.05, 0) is 18.2 Å². The Labute approximate surface area is 139 Å². The number of aromatic nitrogens is 1. The molecule has 8 nitrogen and oxygen atoms in total. The number of hydrogen-bond donors (Lipinski definition) is 1. The molecule has 0 atom stereocenters. The molecule has 0 spiro atoms. The quantitative estimate of drug-likeness (QED) is 0.633. The van der Waals surface area contributed by atoms with Crippen molar-refractivity contribution in [2.75, 3.05) is 11.8 Å². The lowest BCUT2D eigenvalue weighted by atomic mass is 10.3. The number of sulfonamides is 1. The van der Waals surface area contributed by atoms with E-state index in [0.717, 1.165) is 37.4 Å². The van der Waals surface area contributed by atoms with Crippen LogP contribution in [0.4, 0.5) is 24.7 Å². The fourth-order valence-corrected chi connectivity index (χ4v) is 3.02. The van der Waals surface area contributed by atoms with E-state index < -0.39 is 43.2 Å². The van der Waals surface area contributed by atoms with Gasteiger partial charge < -0.3 is 4.74 Å². The maximum absolute atomic E-state index is 12.6.